The molecule has 2 atom stereocenters. The number of carbonyl (C=O) groups excluding carboxylic acids is 1. The van der Waals surface area contributed by atoms with Crippen LogP contribution in [0.2, 0.25) is 0 Å². The van der Waals surface area contributed by atoms with Gasteiger partial charge in [0.05, 0.1) is 6.26 Å². The van der Waals surface area contributed by atoms with E-state index in [2.05, 4.69) is 10.6 Å². The fourth-order valence-corrected chi connectivity index (χ4v) is 2.24. The van der Waals surface area contributed by atoms with Crippen LogP contribution in [0.15, 0.2) is 41.0 Å². The molecule has 0 aliphatic rings. The lowest BCUT2D eigenvalue weighted by Crippen LogP contribution is -2.37. The molecule has 5 nitrogen and oxygen atoms in total. The first-order valence-electron chi connectivity index (χ1n) is 7.32. The first-order chi connectivity index (χ1) is 10.5. The highest BCUT2D eigenvalue weighted by atomic mass is 16.4. The van der Waals surface area contributed by atoms with Gasteiger partial charge in [-0.3, -0.25) is 0 Å². The third-order valence-electron chi connectivity index (χ3n) is 3.47. The van der Waals surface area contributed by atoms with E-state index in [0.29, 0.717) is 12.2 Å². The molecule has 1 heterocycles. The van der Waals surface area contributed by atoms with Crippen LogP contribution >= 0.6 is 0 Å². The first kappa shape index (κ1) is 16.1. The largest absolute Gasteiger partial charge is 0.467 e. The highest BCUT2D eigenvalue weighted by Crippen LogP contribution is 2.19. The molecule has 1 aromatic heterocycles. The molecule has 0 aliphatic heterocycles. The normalized spacial score (nSPS) is 13.5. The average Bonchev–Trinajstić information content (AvgIpc) is 2.96. The number of hydrogen-bond acceptors (Lipinski definition) is 3. The van der Waals surface area contributed by atoms with Gasteiger partial charge in [-0.25, -0.2) is 4.79 Å². The maximum atomic E-state index is 12.0. The molecule has 2 aromatic rings. The van der Waals surface area contributed by atoms with Gasteiger partial charge in [-0.2, -0.15) is 0 Å². The van der Waals surface area contributed by atoms with Gasteiger partial charge in [0.25, 0.3) is 0 Å². The lowest BCUT2D eigenvalue weighted by molar-refractivity contribution is 0.130. The van der Waals surface area contributed by atoms with Gasteiger partial charge < -0.3 is 20.2 Å². The van der Waals surface area contributed by atoms with Gasteiger partial charge in [-0.05, 0) is 50.1 Å². The second-order valence-electron chi connectivity index (χ2n) is 5.58. The third-order valence-corrected chi connectivity index (χ3v) is 3.47. The van der Waals surface area contributed by atoms with Crippen molar-refractivity contribution in [3.63, 3.8) is 0 Å². The SMILES string of the molecule is Cc1ccc(C)c(NC(=O)NC(C)CC(O)c2ccco2)c1. The number of urea groups is 1. The van der Waals surface area contributed by atoms with Gasteiger partial charge in [0.15, 0.2) is 0 Å². The predicted octanol–water partition coefficient (Wildman–Crippen LogP) is 3.53. The Labute approximate surface area is 130 Å². The fourth-order valence-electron chi connectivity index (χ4n) is 2.24. The van der Waals surface area contributed by atoms with E-state index in [9.17, 15) is 9.90 Å². The van der Waals surface area contributed by atoms with Crippen molar-refractivity contribution in [3.8, 4) is 0 Å². The van der Waals surface area contributed by atoms with E-state index in [1.807, 2.05) is 39.0 Å². The lowest BCUT2D eigenvalue weighted by atomic mass is 10.1. The zero-order valence-electron chi connectivity index (χ0n) is 13.1. The summed E-state index contributed by atoms with van der Waals surface area (Å²) in [6.07, 6.45) is 1.17. The van der Waals surface area contributed by atoms with E-state index in [1.165, 1.54) is 6.26 Å². The second kappa shape index (κ2) is 7.13. The number of carbonyl (C=O) groups is 1. The number of furan rings is 1. The average molecular weight is 302 g/mol. The molecule has 0 spiro atoms. The lowest BCUT2D eigenvalue weighted by Gasteiger charge is -2.18. The highest BCUT2D eigenvalue weighted by molar-refractivity contribution is 5.90. The summed E-state index contributed by atoms with van der Waals surface area (Å²) in [7, 11) is 0. The van der Waals surface area contributed by atoms with Crippen molar-refractivity contribution in [1.82, 2.24) is 5.32 Å². The molecule has 0 fully saturated rings. The molecule has 0 bridgehead atoms. The summed E-state index contributed by atoms with van der Waals surface area (Å²) in [5.74, 6) is 0.503. The van der Waals surface area contributed by atoms with Crippen LogP contribution in [0.5, 0.6) is 0 Å². The van der Waals surface area contributed by atoms with Crippen molar-refractivity contribution >= 4 is 11.7 Å². The van der Waals surface area contributed by atoms with Crippen molar-refractivity contribution in [2.45, 2.75) is 39.3 Å². The van der Waals surface area contributed by atoms with Crippen LogP contribution in [0.25, 0.3) is 0 Å². The molecule has 1 aromatic carbocycles. The minimum absolute atomic E-state index is 0.190. The maximum absolute atomic E-state index is 12.0. The van der Waals surface area contributed by atoms with Crippen LogP contribution in [0.4, 0.5) is 10.5 Å². The standard InChI is InChI=1S/C17H22N2O3/c1-11-6-7-12(2)14(9-11)19-17(21)18-13(3)10-15(20)16-5-4-8-22-16/h4-9,13,15,20H,10H2,1-3H3,(H2,18,19,21). The van der Waals surface area contributed by atoms with E-state index in [1.54, 1.807) is 12.1 Å². The zero-order chi connectivity index (χ0) is 16.1. The zero-order valence-corrected chi connectivity index (χ0v) is 13.1. The summed E-state index contributed by atoms with van der Waals surface area (Å²) in [4.78, 5) is 12.0. The Morgan fingerprint density at radius 2 is 2.09 bits per heavy atom. The van der Waals surface area contributed by atoms with Crippen molar-refractivity contribution in [2.75, 3.05) is 5.32 Å². The Hall–Kier alpha value is -2.27. The molecule has 3 N–H and O–H groups in total. The minimum Gasteiger partial charge on any atom is -0.467 e. The van der Waals surface area contributed by atoms with Gasteiger partial charge >= 0.3 is 6.03 Å². The fraction of sp³-hybridized carbons (Fsp3) is 0.353. The van der Waals surface area contributed by atoms with Crippen molar-refractivity contribution in [2.24, 2.45) is 0 Å². The van der Waals surface area contributed by atoms with Gasteiger partial charge in [-0.1, -0.05) is 12.1 Å². The monoisotopic (exact) mass is 302 g/mol. The van der Waals surface area contributed by atoms with Gasteiger partial charge in [0.1, 0.15) is 11.9 Å². The smallest absolute Gasteiger partial charge is 0.319 e. The van der Waals surface area contributed by atoms with Gasteiger partial charge in [-0.15, -0.1) is 0 Å². The van der Waals surface area contributed by atoms with Crippen LogP contribution in [0, 0.1) is 13.8 Å². The molecule has 0 radical (unpaired) electrons. The van der Waals surface area contributed by atoms with Gasteiger partial charge in [0, 0.05) is 18.2 Å². The van der Waals surface area contributed by atoms with Crippen LogP contribution in [0.3, 0.4) is 0 Å². The summed E-state index contributed by atoms with van der Waals surface area (Å²) in [5, 5.41) is 15.6. The molecular weight excluding hydrogens is 280 g/mol. The number of hydrogen-bond donors (Lipinski definition) is 3. The number of amides is 2. The molecule has 2 amide bonds. The molecule has 0 saturated carbocycles. The van der Waals surface area contributed by atoms with E-state index in [4.69, 9.17) is 4.42 Å². The third kappa shape index (κ3) is 4.36. The number of aliphatic hydroxyl groups is 1. The molecule has 0 aliphatic carbocycles. The minimum atomic E-state index is -0.731. The summed E-state index contributed by atoms with van der Waals surface area (Å²) in [5.41, 5.74) is 2.88. The topological polar surface area (TPSA) is 74.5 Å². The molecule has 22 heavy (non-hydrogen) atoms. The number of benzene rings is 1. The Morgan fingerprint density at radius 3 is 2.77 bits per heavy atom. The van der Waals surface area contributed by atoms with E-state index < -0.39 is 6.10 Å². The Bertz CT molecular complexity index is 623. The molecule has 2 unspecified atom stereocenters. The van der Waals surface area contributed by atoms with E-state index in [0.717, 1.165) is 16.8 Å². The second-order valence-corrected chi connectivity index (χ2v) is 5.58. The van der Waals surface area contributed by atoms with Crippen LogP contribution in [-0.4, -0.2) is 17.2 Å². The number of aryl methyl sites for hydroxylation is 2. The van der Waals surface area contributed by atoms with Crippen LogP contribution in [0.1, 0.15) is 36.3 Å². The summed E-state index contributed by atoms with van der Waals surface area (Å²) in [6, 6.07) is 8.86. The van der Waals surface area contributed by atoms with Crippen molar-refractivity contribution < 1.29 is 14.3 Å². The Balaban J connectivity index is 1.87. The maximum Gasteiger partial charge on any atom is 0.319 e. The van der Waals surface area contributed by atoms with Crippen LogP contribution < -0.4 is 10.6 Å². The van der Waals surface area contributed by atoms with Crippen molar-refractivity contribution in [1.29, 1.82) is 0 Å². The van der Waals surface area contributed by atoms with E-state index in [-0.39, 0.29) is 12.1 Å². The summed E-state index contributed by atoms with van der Waals surface area (Å²) >= 11 is 0. The number of nitrogens with one attached hydrogen (secondary N) is 2. The molecule has 118 valence electrons. The Kier molecular flexibility index (Phi) is 5.22. The van der Waals surface area contributed by atoms with Crippen molar-refractivity contribution in [3.05, 3.63) is 53.5 Å². The van der Waals surface area contributed by atoms with Crippen LogP contribution in [-0.2, 0) is 0 Å². The number of rotatable bonds is 5. The first-order valence-corrected chi connectivity index (χ1v) is 7.32. The molecule has 5 heteroatoms. The number of anilines is 1. The molecular formula is C17H22N2O3. The van der Waals surface area contributed by atoms with Gasteiger partial charge in [0.2, 0.25) is 0 Å². The Morgan fingerprint density at radius 1 is 1.32 bits per heavy atom. The molecule has 0 saturated heterocycles. The quantitative estimate of drug-likeness (QED) is 0.791. The molecule has 2 rings (SSSR count). The highest BCUT2D eigenvalue weighted by Gasteiger charge is 2.16. The summed E-state index contributed by atoms with van der Waals surface area (Å²) in [6.45, 7) is 5.76. The van der Waals surface area contributed by atoms with E-state index >= 15 is 0 Å². The number of aliphatic hydroxyl groups excluding tert-OH is 1. The summed E-state index contributed by atoms with van der Waals surface area (Å²) < 4.78 is 5.15. The predicted molar refractivity (Wildman–Crippen MR) is 85.8 cm³/mol.